The van der Waals surface area contributed by atoms with E-state index in [1.165, 1.54) is 0 Å². The first-order chi connectivity index (χ1) is 4.09. The molecule has 1 atom stereocenters. The molecule has 0 aliphatic heterocycles. The highest BCUT2D eigenvalue weighted by Crippen LogP contribution is 2.19. The van der Waals surface area contributed by atoms with Crippen molar-refractivity contribution in [2.24, 2.45) is 0 Å². The molecule has 0 fully saturated rings. The van der Waals surface area contributed by atoms with Crippen LogP contribution in [0, 0.1) is 0 Å². The van der Waals surface area contributed by atoms with Gasteiger partial charge in [-0.15, -0.1) is 0 Å². The molecule has 0 heterocycles. The summed E-state index contributed by atoms with van der Waals surface area (Å²) in [5.41, 5.74) is 0. The van der Waals surface area contributed by atoms with Gasteiger partial charge in [0, 0.05) is 0 Å². The van der Waals surface area contributed by atoms with Gasteiger partial charge in [0.2, 0.25) is 0 Å². The zero-order valence-corrected chi connectivity index (χ0v) is 5.76. The Labute approximate surface area is 57.7 Å². The first-order valence-electron chi connectivity index (χ1n) is 2.00. The van der Waals surface area contributed by atoms with Gasteiger partial charge in [-0.05, 0) is 15.9 Å². The number of alkyl halides is 2. The Morgan fingerprint density at radius 1 is 1.44 bits per heavy atom. The first kappa shape index (κ1) is 8.94. The van der Waals surface area contributed by atoms with Crippen molar-refractivity contribution in [1.29, 1.82) is 0 Å². The van der Waals surface area contributed by atoms with Crippen LogP contribution in [0.4, 0.5) is 17.6 Å². The van der Waals surface area contributed by atoms with Crippen molar-refractivity contribution in [3.05, 3.63) is 10.6 Å². The molecule has 9 heavy (non-hydrogen) atoms. The Kier molecular flexibility index (Phi) is 3.84. The number of hydrogen-bond donors (Lipinski definition) is 0. The summed E-state index contributed by atoms with van der Waals surface area (Å²) in [4.78, 5) is 0. The third-order valence-corrected chi connectivity index (χ3v) is 0.970. The van der Waals surface area contributed by atoms with Crippen LogP contribution in [0.5, 0.6) is 0 Å². The molecule has 0 spiro atoms. The van der Waals surface area contributed by atoms with Gasteiger partial charge in [0.15, 0.2) is 16.7 Å². The standard InChI is InChI=1S/C4H3BrF4/c5-4(9)3(8)2(7)1-6/h2H,1H2. The number of halogens is 5. The third kappa shape index (κ3) is 2.84. The second-order valence-electron chi connectivity index (χ2n) is 1.23. The van der Waals surface area contributed by atoms with Gasteiger partial charge in [-0.1, -0.05) is 0 Å². The topological polar surface area (TPSA) is 0 Å². The minimum atomic E-state index is -2.48. The summed E-state index contributed by atoms with van der Waals surface area (Å²) in [5, 5.41) is 0. The fourth-order valence-corrected chi connectivity index (χ4v) is 0.435. The van der Waals surface area contributed by atoms with Crippen molar-refractivity contribution in [2.45, 2.75) is 6.17 Å². The summed E-state index contributed by atoms with van der Waals surface area (Å²) >= 11 is 2.01. The number of hydrogen-bond acceptors (Lipinski definition) is 0. The SMILES string of the molecule is FCC(F)C(F)=C(F)Br. The molecular weight excluding hydrogens is 204 g/mol. The molecule has 0 bridgehead atoms. The van der Waals surface area contributed by atoms with Crippen LogP contribution in [-0.2, 0) is 0 Å². The van der Waals surface area contributed by atoms with E-state index < -0.39 is 23.4 Å². The van der Waals surface area contributed by atoms with E-state index in [0.717, 1.165) is 0 Å². The Balaban J connectivity index is 4.02. The van der Waals surface area contributed by atoms with Crippen molar-refractivity contribution in [3.8, 4) is 0 Å². The van der Waals surface area contributed by atoms with Crippen LogP contribution in [0.3, 0.4) is 0 Å². The molecule has 0 rings (SSSR count). The normalized spacial score (nSPS) is 17.0. The van der Waals surface area contributed by atoms with Gasteiger partial charge in [-0.3, -0.25) is 0 Å². The molecular formula is C4H3BrF4. The van der Waals surface area contributed by atoms with E-state index in [0.29, 0.717) is 0 Å². The maximum absolute atomic E-state index is 11.8. The van der Waals surface area contributed by atoms with Crippen molar-refractivity contribution in [1.82, 2.24) is 0 Å². The Bertz CT molecular complexity index is 118. The molecule has 5 heteroatoms. The van der Waals surface area contributed by atoms with E-state index in [-0.39, 0.29) is 0 Å². The molecule has 0 radical (unpaired) electrons. The molecule has 0 aromatic heterocycles. The van der Waals surface area contributed by atoms with Gasteiger partial charge in [-0.2, -0.15) is 4.39 Å². The molecule has 0 amide bonds. The monoisotopic (exact) mass is 206 g/mol. The van der Waals surface area contributed by atoms with Gasteiger partial charge in [0.1, 0.15) is 6.67 Å². The van der Waals surface area contributed by atoms with E-state index in [2.05, 4.69) is 0 Å². The minimum absolute atomic E-state index is 1.49. The molecule has 0 saturated carbocycles. The number of allylic oxidation sites excluding steroid dienone is 1. The lowest BCUT2D eigenvalue weighted by Gasteiger charge is -1.96. The van der Waals surface area contributed by atoms with Gasteiger partial charge in [0.25, 0.3) is 0 Å². The summed E-state index contributed by atoms with van der Waals surface area (Å²) in [6.45, 7) is -1.55. The maximum Gasteiger partial charge on any atom is 0.200 e. The zero-order chi connectivity index (χ0) is 7.44. The lowest BCUT2D eigenvalue weighted by atomic mass is 10.4. The van der Waals surface area contributed by atoms with Crippen LogP contribution < -0.4 is 0 Å². The van der Waals surface area contributed by atoms with E-state index in [4.69, 9.17) is 0 Å². The fourth-order valence-electron chi connectivity index (χ4n) is 0.186. The van der Waals surface area contributed by atoms with E-state index in [9.17, 15) is 17.6 Å². The van der Waals surface area contributed by atoms with Crippen LogP contribution in [0.15, 0.2) is 10.6 Å². The summed E-state index contributed by atoms with van der Waals surface area (Å²) < 4.78 is 44.7. The molecule has 0 N–H and O–H groups in total. The zero-order valence-electron chi connectivity index (χ0n) is 4.17. The fraction of sp³-hybridized carbons (Fsp3) is 0.500. The summed E-state index contributed by atoms with van der Waals surface area (Å²) in [5.74, 6) is -1.74. The largest absolute Gasteiger partial charge is 0.247 e. The number of rotatable bonds is 2. The molecule has 54 valence electrons. The lowest BCUT2D eigenvalue weighted by Crippen LogP contribution is -2.02. The molecule has 1 unspecified atom stereocenters. The van der Waals surface area contributed by atoms with E-state index >= 15 is 0 Å². The smallest absolute Gasteiger partial charge is 0.200 e. The van der Waals surface area contributed by atoms with Gasteiger partial charge < -0.3 is 0 Å². The third-order valence-electron chi connectivity index (χ3n) is 0.591. The van der Waals surface area contributed by atoms with Crippen molar-refractivity contribution in [2.75, 3.05) is 6.67 Å². The summed E-state index contributed by atoms with van der Waals surface area (Å²) in [7, 11) is 0. The average Bonchev–Trinajstić information content (AvgIpc) is 1.84. The van der Waals surface area contributed by atoms with Crippen LogP contribution in [0.2, 0.25) is 0 Å². The van der Waals surface area contributed by atoms with Crippen LogP contribution >= 0.6 is 15.9 Å². The van der Waals surface area contributed by atoms with Crippen LogP contribution in [0.1, 0.15) is 0 Å². The van der Waals surface area contributed by atoms with Gasteiger partial charge in [0.05, 0.1) is 0 Å². The molecule has 0 nitrogen and oxygen atoms in total. The average molecular weight is 207 g/mol. The molecule has 0 aliphatic carbocycles. The van der Waals surface area contributed by atoms with Crippen molar-refractivity contribution in [3.63, 3.8) is 0 Å². The Morgan fingerprint density at radius 2 is 1.89 bits per heavy atom. The van der Waals surface area contributed by atoms with Gasteiger partial charge in [-0.25, -0.2) is 13.2 Å². The van der Waals surface area contributed by atoms with Gasteiger partial charge >= 0.3 is 0 Å². The highest BCUT2D eigenvalue weighted by molar-refractivity contribution is 9.11. The Morgan fingerprint density at radius 3 is 2.00 bits per heavy atom. The quantitative estimate of drug-likeness (QED) is 0.610. The molecule has 0 aromatic rings. The first-order valence-corrected chi connectivity index (χ1v) is 2.79. The predicted molar refractivity (Wildman–Crippen MR) is 29.0 cm³/mol. The lowest BCUT2D eigenvalue weighted by molar-refractivity contribution is 0.256. The van der Waals surface area contributed by atoms with Crippen LogP contribution in [0.25, 0.3) is 0 Å². The van der Waals surface area contributed by atoms with E-state index in [1.807, 2.05) is 15.9 Å². The van der Waals surface area contributed by atoms with Crippen LogP contribution in [-0.4, -0.2) is 12.8 Å². The molecule has 0 aromatic carbocycles. The van der Waals surface area contributed by atoms with Crippen molar-refractivity contribution >= 4 is 15.9 Å². The highest BCUT2D eigenvalue weighted by Gasteiger charge is 2.16. The second kappa shape index (κ2) is 3.87. The second-order valence-corrected chi connectivity index (χ2v) is 1.93. The molecule has 0 saturated heterocycles. The summed E-state index contributed by atoms with van der Waals surface area (Å²) in [6, 6.07) is 0. The minimum Gasteiger partial charge on any atom is -0.247 e. The summed E-state index contributed by atoms with van der Waals surface area (Å²) in [6.07, 6.45) is -2.48. The molecule has 0 aliphatic rings. The van der Waals surface area contributed by atoms with E-state index in [1.54, 1.807) is 0 Å². The van der Waals surface area contributed by atoms with Crippen molar-refractivity contribution < 1.29 is 17.6 Å². The maximum atomic E-state index is 11.8. The predicted octanol–water partition coefficient (Wildman–Crippen LogP) is 2.80. The highest BCUT2D eigenvalue weighted by atomic mass is 79.9. The Hall–Kier alpha value is -0.0600.